The lowest BCUT2D eigenvalue weighted by Crippen LogP contribution is -2.31. The fourth-order valence-electron chi connectivity index (χ4n) is 1.89. The third kappa shape index (κ3) is 1.28. The van der Waals surface area contributed by atoms with Crippen molar-refractivity contribution in [2.45, 2.75) is 18.4 Å². The van der Waals surface area contributed by atoms with Crippen LogP contribution in [-0.2, 0) is 16.0 Å². The van der Waals surface area contributed by atoms with E-state index in [9.17, 15) is 4.79 Å². The van der Waals surface area contributed by atoms with E-state index in [1.165, 1.54) is 7.11 Å². The number of carbonyl (C=O) groups excluding carboxylic acids is 1. The van der Waals surface area contributed by atoms with Gasteiger partial charge in [0, 0.05) is 12.2 Å². The van der Waals surface area contributed by atoms with Crippen LogP contribution in [0.25, 0.3) is 0 Å². The zero-order valence-corrected chi connectivity index (χ0v) is 7.93. The summed E-state index contributed by atoms with van der Waals surface area (Å²) in [7, 11) is 1.37. The number of fused-ring (bicyclic) bond motifs is 1. The van der Waals surface area contributed by atoms with Crippen LogP contribution in [0.15, 0.2) is 18.3 Å². The van der Waals surface area contributed by atoms with Gasteiger partial charge in [-0.05, 0) is 18.1 Å². The summed E-state index contributed by atoms with van der Waals surface area (Å²) >= 11 is 0. The average molecular weight is 192 g/mol. The van der Waals surface area contributed by atoms with Crippen molar-refractivity contribution in [3.8, 4) is 0 Å². The third-order valence-electron chi connectivity index (χ3n) is 2.56. The molecule has 2 atom stereocenters. The third-order valence-corrected chi connectivity index (χ3v) is 2.56. The van der Waals surface area contributed by atoms with E-state index in [0.29, 0.717) is 6.42 Å². The van der Waals surface area contributed by atoms with E-state index in [2.05, 4.69) is 4.98 Å². The summed E-state index contributed by atoms with van der Waals surface area (Å²) in [4.78, 5) is 15.6. The molecule has 1 aliphatic rings. The quantitative estimate of drug-likeness (QED) is 0.646. The Morgan fingerprint density at radius 3 is 3.21 bits per heavy atom. The van der Waals surface area contributed by atoms with Gasteiger partial charge in [-0.25, -0.2) is 0 Å². The number of methoxy groups -OCH3 is 1. The molecular weight excluding hydrogens is 180 g/mol. The first-order valence-corrected chi connectivity index (χ1v) is 4.51. The predicted molar refractivity (Wildman–Crippen MR) is 50.7 cm³/mol. The molecule has 14 heavy (non-hydrogen) atoms. The van der Waals surface area contributed by atoms with Gasteiger partial charge in [0.1, 0.15) is 5.92 Å². The van der Waals surface area contributed by atoms with E-state index < -0.39 is 5.92 Å². The second kappa shape index (κ2) is 3.38. The van der Waals surface area contributed by atoms with Crippen molar-refractivity contribution in [2.75, 3.05) is 7.11 Å². The Hall–Kier alpha value is -1.42. The molecule has 0 spiro atoms. The van der Waals surface area contributed by atoms with Gasteiger partial charge in [-0.2, -0.15) is 0 Å². The van der Waals surface area contributed by atoms with E-state index in [1.54, 1.807) is 6.20 Å². The zero-order chi connectivity index (χ0) is 10.1. The molecule has 0 aromatic carbocycles. The van der Waals surface area contributed by atoms with Crippen molar-refractivity contribution in [3.05, 3.63) is 29.6 Å². The highest BCUT2D eigenvalue weighted by Gasteiger charge is 2.37. The van der Waals surface area contributed by atoms with Gasteiger partial charge in [0.25, 0.3) is 0 Å². The Morgan fingerprint density at radius 1 is 1.71 bits per heavy atom. The largest absolute Gasteiger partial charge is 0.468 e. The van der Waals surface area contributed by atoms with Crippen molar-refractivity contribution >= 4 is 5.97 Å². The topological polar surface area (TPSA) is 65.2 Å². The highest BCUT2D eigenvalue weighted by atomic mass is 16.5. The minimum absolute atomic E-state index is 0.202. The lowest BCUT2D eigenvalue weighted by Gasteiger charge is -2.12. The second-order valence-electron chi connectivity index (χ2n) is 3.42. The highest BCUT2D eigenvalue weighted by molar-refractivity contribution is 5.80. The lowest BCUT2D eigenvalue weighted by molar-refractivity contribution is -0.142. The average Bonchev–Trinajstić information content (AvgIpc) is 2.53. The SMILES string of the molecule is COC(=O)C1c2ncccc2CC1N. The van der Waals surface area contributed by atoms with Gasteiger partial charge in [-0.15, -0.1) is 0 Å². The molecule has 2 unspecified atom stereocenters. The fourth-order valence-corrected chi connectivity index (χ4v) is 1.89. The first-order chi connectivity index (χ1) is 6.74. The van der Waals surface area contributed by atoms with E-state index in [-0.39, 0.29) is 12.0 Å². The van der Waals surface area contributed by atoms with Gasteiger partial charge in [0.15, 0.2) is 0 Å². The van der Waals surface area contributed by atoms with E-state index >= 15 is 0 Å². The zero-order valence-electron chi connectivity index (χ0n) is 7.93. The van der Waals surface area contributed by atoms with Crippen LogP contribution in [0.4, 0.5) is 0 Å². The van der Waals surface area contributed by atoms with Crippen molar-refractivity contribution in [2.24, 2.45) is 5.73 Å². The molecular formula is C10H12N2O2. The van der Waals surface area contributed by atoms with Crippen molar-refractivity contribution in [1.82, 2.24) is 4.98 Å². The molecule has 1 aromatic rings. The highest BCUT2D eigenvalue weighted by Crippen LogP contribution is 2.30. The Kier molecular flexibility index (Phi) is 2.21. The van der Waals surface area contributed by atoms with Gasteiger partial charge in [-0.3, -0.25) is 9.78 Å². The van der Waals surface area contributed by atoms with Crippen LogP contribution in [0.1, 0.15) is 17.2 Å². The lowest BCUT2D eigenvalue weighted by atomic mass is 10.0. The van der Waals surface area contributed by atoms with E-state index in [4.69, 9.17) is 10.5 Å². The molecule has 0 bridgehead atoms. The molecule has 74 valence electrons. The van der Waals surface area contributed by atoms with Crippen molar-refractivity contribution in [3.63, 3.8) is 0 Å². The normalized spacial score (nSPS) is 24.4. The summed E-state index contributed by atoms with van der Waals surface area (Å²) < 4.78 is 4.70. The number of nitrogens with zero attached hydrogens (tertiary/aromatic N) is 1. The standard InChI is InChI=1S/C10H12N2O2/c1-14-10(13)8-7(11)5-6-3-2-4-12-9(6)8/h2-4,7-8H,5,11H2,1H3. The van der Waals surface area contributed by atoms with Crippen molar-refractivity contribution in [1.29, 1.82) is 0 Å². The van der Waals surface area contributed by atoms with E-state index in [0.717, 1.165) is 11.3 Å². The number of hydrogen-bond acceptors (Lipinski definition) is 4. The van der Waals surface area contributed by atoms with Gasteiger partial charge >= 0.3 is 5.97 Å². The molecule has 0 aliphatic heterocycles. The molecule has 0 radical (unpaired) electrons. The van der Waals surface area contributed by atoms with Crippen LogP contribution >= 0.6 is 0 Å². The fraction of sp³-hybridized carbons (Fsp3) is 0.400. The monoisotopic (exact) mass is 192 g/mol. The van der Waals surface area contributed by atoms with Gasteiger partial charge in [-0.1, -0.05) is 6.07 Å². The molecule has 0 fully saturated rings. The number of carbonyl (C=O) groups is 1. The Balaban J connectivity index is 2.39. The summed E-state index contributed by atoms with van der Waals surface area (Å²) in [5, 5.41) is 0. The maximum atomic E-state index is 11.4. The molecule has 1 heterocycles. The van der Waals surface area contributed by atoms with Crippen LogP contribution in [0.2, 0.25) is 0 Å². The molecule has 1 aromatic heterocycles. The summed E-state index contributed by atoms with van der Waals surface area (Å²) in [5.41, 5.74) is 7.69. The molecule has 0 saturated heterocycles. The van der Waals surface area contributed by atoms with Gasteiger partial charge in [0.2, 0.25) is 0 Å². The first kappa shape index (κ1) is 9.15. The second-order valence-corrected chi connectivity index (χ2v) is 3.42. The summed E-state index contributed by atoms with van der Waals surface area (Å²) in [6.45, 7) is 0. The van der Waals surface area contributed by atoms with Crippen molar-refractivity contribution < 1.29 is 9.53 Å². The Labute approximate surface area is 82.1 Å². The predicted octanol–water partition coefficient (Wildman–Crippen LogP) is 0.222. The van der Waals surface area contributed by atoms with Gasteiger partial charge in [0.05, 0.1) is 12.8 Å². The first-order valence-electron chi connectivity index (χ1n) is 4.51. The molecule has 2 N–H and O–H groups in total. The molecule has 0 saturated carbocycles. The molecule has 1 aliphatic carbocycles. The Bertz CT molecular complexity index is 365. The maximum Gasteiger partial charge on any atom is 0.316 e. The number of ether oxygens (including phenoxy) is 1. The van der Waals surface area contributed by atoms with Crippen LogP contribution in [-0.4, -0.2) is 24.1 Å². The molecule has 4 heteroatoms. The van der Waals surface area contributed by atoms with Crippen LogP contribution in [0.5, 0.6) is 0 Å². The van der Waals surface area contributed by atoms with Gasteiger partial charge < -0.3 is 10.5 Å². The molecule has 4 nitrogen and oxygen atoms in total. The van der Waals surface area contributed by atoms with Crippen LogP contribution < -0.4 is 5.73 Å². The van der Waals surface area contributed by atoms with E-state index in [1.807, 2.05) is 12.1 Å². The number of esters is 1. The molecule has 2 rings (SSSR count). The summed E-state index contributed by atoms with van der Waals surface area (Å²) in [6.07, 6.45) is 2.37. The number of aromatic nitrogens is 1. The van der Waals surface area contributed by atoms with Crippen LogP contribution in [0, 0.1) is 0 Å². The minimum atomic E-state index is -0.392. The smallest absolute Gasteiger partial charge is 0.316 e. The number of hydrogen-bond donors (Lipinski definition) is 1. The Morgan fingerprint density at radius 2 is 2.50 bits per heavy atom. The maximum absolute atomic E-state index is 11.4. The number of rotatable bonds is 1. The number of nitrogens with two attached hydrogens (primary N) is 1. The number of pyridine rings is 1. The van der Waals surface area contributed by atoms with Crippen LogP contribution in [0.3, 0.4) is 0 Å². The summed E-state index contributed by atoms with van der Waals surface area (Å²) in [6, 6.07) is 3.60. The summed E-state index contributed by atoms with van der Waals surface area (Å²) in [5.74, 6) is -0.689. The molecule has 0 amide bonds. The minimum Gasteiger partial charge on any atom is -0.468 e.